The first-order chi connectivity index (χ1) is 11.5. The number of unbranched alkanes of at least 4 members (excludes halogenated alkanes) is 4. The molecule has 0 atom stereocenters. The third-order valence-electron chi connectivity index (χ3n) is 4.52. The second kappa shape index (κ2) is 14.3. The van der Waals surface area contributed by atoms with Crippen molar-refractivity contribution in [1.29, 1.82) is 0 Å². The first kappa shape index (κ1) is 23.0. The van der Waals surface area contributed by atoms with Gasteiger partial charge < -0.3 is 0 Å². The van der Waals surface area contributed by atoms with Crippen LogP contribution in [0.1, 0.15) is 99.3 Å². The Balaban J connectivity index is 5.11. The Morgan fingerprint density at radius 2 is 1.62 bits per heavy atom. The lowest BCUT2D eigenvalue weighted by atomic mass is 9.79. The topological polar surface area (TPSA) is 0 Å². The summed E-state index contributed by atoms with van der Waals surface area (Å²) in [6.45, 7) is 13.6. The lowest BCUT2D eigenvalue weighted by Crippen LogP contribution is -2.12. The summed E-state index contributed by atoms with van der Waals surface area (Å²) in [4.78, 5) is 0. The Morgan fingerprint density at radius 3 is 2.21 bits per heavy atom. The molecule has 0 fully saturated rings. The van der Waals surface area contributed by atoms with Gasteiger partial charge in [-0.1, -0.05) is 101 Å². The second-order valence-corrected chi connectivity index (χ2v) is 7.36. The van der Waals surface area contributed by atoms with E-state index in [-0.39, 0.29) is 5.41 Å². The van der Waals surface area contributed by atoms with E-state index in [1.807, 2.05) is 0 Å². The lowest BCUT2D eigenvalue weighted by molar-refractivity contribution is 0.557. The van der Waals surface area contributed by atoms with Gasteiger partial charge >= 0.3 is 0 Å². The first-order valence-corrected chi connectivity index (χ1v) is 10.2. The Labute approximate surface area is 152 Å². The highest BCUT2D eigenvalue weighted by Gasteiger charge is 2.19. The van der Waals surface area contributed by atoms with Crippen molar-refractivity contribution in [1.82, 2.24) is 0 Å². The number of hydrogen-bond donors (Lipinski definition) is 0. The van der Waals surface area contributed by atoms with Crippen molar-refractivity contribution >= 4 is 0 Å². The van der Waals surface area contributed by atoms with Gasteiger partial charge in [-0.25, -0.2) is 0 Å². The van der Waals surface area contributed by atoms with Crippen molar-refractivity contribution in [2.24, 2.45) is 5.41 Å². The molecule has 0 N–H and O–H groups in total. The SMILES string of the molecule is CC=CC(C)(C)C(=CCC)C/C(=C\CCCCC)CC=CCCC. The highest BCUT2D eigenvalue weighted by molar-refractivity contribution is 5.26. The molecule has 0 heterocycles. The molecule has 0 saturated carbocycles. The van der Waals surface area contributed by atoms with Gasteiger partial charge in [-0.05, 0) is 45.4 Å². The van der Waals surface area contributed by atoms with Crippen LogP contribution in [0.5, 0.6) is 0 Å². The van der Waals surface area contributed by atoms with Gasteiger partial charge in [0.15, 0.2) is 0 Å². The zero-order chi connectivity index (χ0) is 18.3. The largest absolute Gasteiger partial charge is 0.0908 e. The molecule has 0 aromatic carbocycles. The molecule has 0 radical (unpaired) electrons. The predicted molar refractivity (Wildman–Crippen MR) is 112 cm³/mol. The molecule has 0 amide bonds. The first-order valence-electron chi connectivity index (χ1n) is 10.2. The summed E-state index contributed by atoms with van der Waals surface area (Å²) in [6, 6.07) is 0. The molecule has 0 aliphatic rings. The number of hydrogen-bond acceptors (Lipinski definition) is 0. The van der Waals surface area contributed by atoms with Crippen LogP contribution in [0.15, 0.2) is 47.6 Å². The van der Waals surface area contributed by atoms with Crippen molar-refractivity contribution in [2.75, 3.05) is 0 Å². The van der Waals surface area contributed by atoms with Gasteiger partial charge in [-0.15, -0.1) is 0 Å². The Morgan fingerprint density at radius 1 is 0.875 bits per heavy atom. The van der Waals surface area contributed by atoms with Crippen molar-refractivity contribution in [3.05, 3.63) is 47.6 Å². The van der Waals surface area contributed by atoms with Crippen LogP contribution in [0.2, 0.25) is 0 Å². The molecule has 0 aromatic rings. The molecular formula is C24H42. The van der Waals surface area contributed by atoms with Gasteiger partial charge in [0.2, 0.25) is 0 Å². The smallest absolute Gasteiger partial charge is 0.00373 e. The van der Waals surface area contributed by atoms with Crippen molar-refractivity contribution in [2.45, 2.75) is 99.3 Å². The zero-order valence-corrected chi connectivity index (χ0v) is 17.3. The standard InChI is InChI=1S/C24H42/c1-7-11-13-15-18-22(19-16-14-12-8-2)21-23(17-9-3)24(5,6)20-10-4/h10,13,15,17,19-20H,7-9,11-12,14,16,18,21H2,1-6H3/b15-13?,20-10?,22-19-,23-17?. The van der Waals surface area contributed by atoms with E-state index in [0.717, 1.165) is 19.3 Å². The van der Waals surface area contributed by atoms with Crippen LogP contribution < -0.4 is 0 Å². The summed E-state index contributed by atoms with van der Waals surface area (Å²) in [6.07, 6.45) is 25.2. The van der Waals surface area contributed by atoms with Gasteiger partial charge in [0.05, 0.1) is 0 Å². The molecule has 0 aliphatic heterocycles. The summed E-state index contributed by atoms with van der Waals surface area (Å²) in [5, 5.41) is 0. The normalized spacial score (nSPS) is 14.2. The maximum absolute atomic E-state index is 2.52. The van der Waals surface area contributed by atoms with Crippen LogP contribution in [0.4, 0.5) is 0 Å². The molecule has 24 heavy (non-hydrogen) atoms. The molecule has 0 spiro atoms. The average Bonchev–Trinajstić information content (AvgIpc) is 2.54. The fourth-order valence-corrected chi connectivity index (χ4v) is 3.03. The summed E-state index contributed by atoms with van der Waals surface area (Å²) in [5.74, 6) is 0. The van der Waals surface area contributed by atoms with Crippen molar-refractivity contribution < 1.29 is 0 Å². The summed E-state index contributed by atoms with van der Waals surface area (Å²) >= 11 is 0. The minimum atomic E-state index is 0.153. The van der Waals surface area contributed by atoms with E-state index in [2.05, 4.69) is 78.0 Å². The van der Waals surface area contributed by atoms with Gasteiger partial charge in [0.1, 0.15) is 0 Å². The average molecular weight is 331 g/mol. The molecule has 0 aliphatic carbocycles. The molecule has 0 bridgehead atoms. The minimum Gasteiger partial charge on any atom is -0.0908 e. The van der Waals surface area contributed by atoms with Crippen LogP contribution in [0.3, 0.4) is 0 Å². The Hall–Kier alpha value is -1.04. The van der Waals surface area contributed by atoms with E-state index in [0.29, 0.717) is 0 Å². The number of allylic oxidation sites excluding steroid dienone is 8. The fraction of sp³-hybridized carbons (Fsp3) is 0.667. The quantitative estimate of drug-likeness (QED) is 0.234. The molecule has 0 rings (SSSR count). The van der Waals surface area contributed by atoms with Crippen LogP contribution in [-0.4, -0.2) is 0 Å². The van der Waals surface area contributed by atoms with Gasteiger partial charge in [-0.2, -0.15) is 0 Å². The third kappa shape index (κ3) is 10.7. The highest BCUT2D eigenvalue weighted by Crippen LogP contribution is 2.34. The maximum Gasteiger partial charge on any atom is 0.00373 e. The molecule has 0 aromatic heterocycles. The number of rotatable bonds is 13. The third-order valence-corrected chi connectivity index (χ3v) is 4.52. The van der Waals surface area contributed by atoms with Crippen molar-refractivity contribution in [3.63, 3.8) is 0 Å². The van der Waals surface area contributed by atoms with Gasteiger partial charge in [0, 0.05) is 5.41 Å². The van der Waals surface area contributed by atoms with Gasteiger partial charge in [0.25, 0.3) is 0 Å². The Kier molecular flexibility index (Phi) is 13.7. The van der Waals surface area contributed by atoms with E-state index in [4.69, 9.17) is 0 Å². The van der Waals surface area contributed by atoms with E-state index in [1.165, 1.54) is 38.5 Å². The second-order valence-electron chi connectivity index (χ2n) is 7.36. The summed E-state index contributed by atoms with van der Waals surface area (Å²) in [7, 11) is 0. The molecular weight excluding hydrogens is 288 g/mol. The monoisotopic (exact) mass is 330 g/mol. The van der Waals surface area contributed by atoms with E-state index in [1.54, 1.807) is 11.1 Å². The van der Waals surface area contributed by atoms with E-state index in [9.17, 15) is 0 Å². The fourth-order valence-electron chi connectivity index (χ4n) is 3.03. The van der Waals surface area contributed by atoms with Gasteiger partial charge in [-0.3, -0.25) is 0 Å². The van der Waals surface area contributed by atoms with E-state index < -0.39 is 0 Å². The van der Waals surface area contributed by atoms with Crippen molar-refractivity contribution in [3.8, 4) is 0 Å². The Bertz CT molecular complexity index is 415. The lowest BCUT2D eigenvalue weighted by Gasteiger charge is -2.26. The molecule has 0 nitrogen and oxygen atoms in total. The van der Waals surface area contributed by atoms with Crippen LogP contribution >= 0.6 is 0 Å². The van der Waals surface area contributed by atoms with Crippen LogP contribution in [-0.2, 0) is 0 Å². The summed E-state index contributed by atoms with van der Waals surface area (Å²) in [5.41, 5.74) is 3.31. The van der Waals surface area contributed by atoms with Crippen LogP contribution in [0.25, 0.3) is 0 Å². The predicted octanol–water partition coefficient (Wildman–Crippen LogP) is 8.57. The summed E-state index contributed by atoms with van der Waals surface area (Å²) < 4.78 is 0. The highest BCUT2D eigenvalue weighted by atomic mass is 14.2. The minimum absolute atomic E-state index is 0.153. The molecule has 0 heteroatoms. The van der Waals surface area contributed by atoms with Crippen LogP contribution in [0, 0.1) is 5.41 Å². The zero-order valence-electron chi connectivity index (χ0n) is 17.3. The molecule has 0 saturated heterocycles. The molecule has 138 valence electrons. The maximum atomic E-state index is 2.52. The van der Waals surface area contributed by atoms with E-state index >= 15 is 0 Å². The molecule has 0 unspecified atom stereocenters.